The first-order valence-corrected chi connectivity index (χ1v) is 7.81. The van der Waals surface area contributed by atoms with E-state index in [0.717, 1.165) is 5.56 Å². The van der Waals surface area contributed by atoms with Crippen LogP contribution in [0.4, 0.5) is 5.69 Å². The number of oxime groups is 1. The maximum Gasteiger partial charge on any atom is 0.267 e. The minimum Gasteiger partial charge on any atom is -0.409 e. The molecule has 0 fully saturated rings. The number of amidine groups is 1. The quantitative estimate of drug-likeness (QED) is 0.323. The Morgan fingerprint density at radius 1 is 1.52 bits per heavy atom. The van der Waals surface area contributed by atoms with Crippen molar-refractivity contribution in [3.8, 4) is 0 Å². The third kappa shape index (κ3) is 3.37. The van der Waals surface area contributed by atoms with Crippen LogP contribution in [-0.4, -0.2) is 17.0 Å². The molecular weight excluding hydrogens is 378 g/mol. The summed E-state index contributed by atoms with van der Waals surface area (Å²) in [5, 5.41) is 16.6. The number of hydrogen-bond acceptors (Lipinski definition) is 4. The van der Waals surface area contributed by atoms with Gasteiger partial charge in [0.05, 0.1) is 10.7 Å². The number of nitrogens with one attached hydrogen (secondary N) is 1. The summed E-state index contributed by atoms with van der Waals surface area (Å²) in [5.41, 5.74) is 7.47. The molecule has 0 radical (unpaired) electrons. The van der Waals surface area contributed by atoms with Crippen LogP contribution in [0.3, 0.4) is 0 Å². The lowest BCUT2D eigenvalue weighted by atomic mass is 10.2. The maximum atomic E-state index is 12.2. The van der Waals surface area contributed by atoms with Crippen LogP contribution in [-0.2, 0) is 0 Å². The number of anilines is 1. The topological polar surface area (TPSA) is 87.7 Å². The van der Waals surface area contributed by atoms with Crippen LogP contribution < -0.4 is 11.1 Å². The molecule has 0 aliphatic carbocycles. The monoisotopic (exact) mass is 387 g/mol. The molecule has 1 amide bonds. The normalized spacial score (nSPS) is 11.5. The number of carbonyl (C=O) groups is 1. The SMILES string of the molecule is Cc1csc(C(=O)Nc2ccc(/C(N)=N/O)cc2Br)c1Cl. The van der Waals surface area contributed by atoms with Gasteiger partial charge in [-0.15, -0.1) is 11.3 Å². The van der Waals surface area contributed by atoms with Crippen LogP contribution in [0.15, 0.2) is 33.2 Å². The van der Waals surface area contributed by atoms with Gasteiger partial charge in [-0.3, -0.25) is 4.79 Å². The van der Waals surface area contributed by atoms with Crippen LogP contribution in [0, 0.1) is 6.92 Å². The summed E-state index contributed by atoms with van der Waals surface area (Å²) >= 11 is 10.7. The number of hydrogen-bond donors (Lipinski definition) is 3. The summed E-state index contributed by atoms with van der Waals surface area (Å²) < 4.78 is 0.615. The van der Waals surface area contributed by atoms with E-state index < -0.39 is 0 Å². The average molecular weight is 389 g/mol. The highest BCUT2D eigenvalue weighted by atomic mass is 79.9. The van der Waals surface area contributed by atoms with E-state index in [1.807, 2.05) is 12.3 Å². The van der Waals surface area contributed by atoms with Gasteiger partial charge in [-0.25, -0.2) is 0 Å². The number of halogens is 2. The fraction of sp³-hybridized carbons (Fsp3) is 0.0769. The van der Waals surface area contributed by atoms with Crippen molar-refractivity contribution >= 4 is 56.3 Å². The molecule has 1 aromatic heterocycles. The molecule has 0 unspecified atom stereocenters. The molecule has 0 saturated heterocycles. The van der Waals surface area contributed by atoms with Crippen molar-refractivity contribution in [1.82, 2.24) is 0 Å². The van der Waals surface area contributed by atoms with Gasteiger partial charge in [0.15, 0.2) is 5.84 Å². The van der Waals surface area contributed by atoms with Crippen LogP contribution in [0.1, 0.15) is 20.8 Å². The first-order valence-electron chi connectivity index (χ1n) is 5.76. The molecule has 110 valence electrons. The molecule has 2 aromatic rings. The molecule has 8 heteroatoms. The first kappa shape index (κ1) is 15.8. The standard InChI is InChI=1S/C13H11BrClN3O2S/c1-6-5-21-11(10(6)15)13(19)17-9-3-2-7(4-8(9)14)12(16)18-20/h2-5,20H,1H3,(H2,16,18)(H,17,19). The number of nitrogens with two attached hydrogens (primary N) is 1. The van der Waals surface area contributed by atoms with Gasteiger partial charge in [0.1, 0.15) is 4.88 Å². The Hall–Kier alpha value is -1.57. The Bertz CT molecular complexity index is 730. The van der Waals surface area contributed by atoms with Gasteiger partial charge in [0.25, 0.3) is 5.91 Å². The molecule has 2 rings (SSSR count). The van der Waals surface area contributed by atoms with E-state index in [4.69, 9.17) is 22.5 Å². The van der Waals surface area contributed by atoms with E-state index in [-0.39, 0.29) is 11.7 Å². The number of amides is 1. The molecule has 0 atom stereocenters. The van der Waals surface area contributed by atoms with Gasteiger partial charge in [-0.1, -0.05) is 16.8 Å². The number of thiophene rings is 1. The Morgan fingerprint density at radius 3 is 2.76 bits per heavy atom. The molecule has 4 N–H and O–H groups in total. The fourth-order valence-corrected chi connectivity index (χ4v) is 3.25. The number of carbonyl (C=O) groups excluding carboxylic acids is 1. The zero-order valence-electron chi connectivity index (χ0n) is 10.9. The molecule has 1 aromatic carbocycles. The summed E-state index contributed by atoms with van der Waals surface area (Å²) in [6.45, 7) is 1.84. The molecule has 5 nitrogen and oxygen atoms in total. The van der Waals surface area contributed by atoms with E-state index in [2.05, 4.69) is 26.4 Å². The van der Waals surface area contributed by atoms with Gasteiger partial charge in [0, 0.05) is 10.0 Å². The smallest absolute Gasteiger partial charge is 0.267 e. The van der Waals surface area contributed by atoms with E-state index in [1.165, 1.54) is 11.3 Å². The van der Waals surface area contributed by atoms with Gasteiger partial charge in [-0.2, -0.15) is 0 Å². The molecule has 21 heavy (non-hydrogen) atoms. The van der Waals surface area contributed by atoms with Crippen LogP contribution in [0.2, 0.25) is 5.02 Å². The lowest BCUT2D eigenvalue weighted by molar-refractivity contribution is 0.103. The first-order chi connectivity index (χ1) is 9.93. The Labute approximate surface area is 138 Å². The maximum absolute atomic E-state index is 12.2. The second-order valence-corrected chi connectivity index (χ2v) is 6.31. The number of nitrogens with zero attached hydrogens (tertiary/aromatic N) is 1. The van der Waals surface area contributed by atoms with Crippen molar-refractivity contribution in [2.75, 3.05) is 5.32 Å². The van der Waals surface area contributed by atoms with E-state index >= 15 is 0 Å². The highest BCUT2D eigenvalue weighted by molar-refractivity contribution is 9.10. The fourth-order valence-electron chi connectivity index (χ4n) is 1.60. The van der Waals surface area contributed by atoms with Crippen molar-refractivity contribution in [2.24, 2.45) is 10.9 Å². The van der Waals surface area contributed by atoms with Crippen molar-refractivity contribution < 1.29 is 10.0 Å². The summed E-state index contributed by atoms with van der Waals surface area (Å²) in [7, 11) is 0. The minimum atomic E-state index is -0.282. The molecular formula is C13H11BrClN3O2S. The van der Waals surface area contributed by atoms with E-state index in [1.54, 1.807) is 18.2 Å². The number of rotatable bonds is 3. The van der Waals surface area contributed by atoms with Crippen molar-refractivity contribution in [2.45, 2.75) is 6.92 Å². The Balaban J connectivity index is 2.24. The lowest BCUT2D eigenvalue weighted by Gasteiger charge is -2.08. The zero-order chi connectivity index (χ0) is 15.6. The van der Waals surface area contributed by atoms with Gasteiger partial charge < -0.3 is 16.3 Å². The summed E-state index contributed by atoms with van der Waals surface area (Å²) in [4.78, 5) is 12.6. The van der Waals surface area contributed by atoms with Gasteiger partial charge in [-0.05, 0) is 52.0 Å². The van der Waals surface area contributed by atoms with Crippen molar-refractivity contribution in [1.29, 1.82) is 0 Å². The third-order valence-corrected chi connectivity index (χ3v) is 5.08. The summed E-state index contributed by atoms with van der Waals surface area (Å²) in [6.07, 6.45) is 0. The largest absolute Gasteiger partial charge is 0.409 e. The third-order valence-electron chi connectivity index (χ3n) is 2.73. The summed E-state index contributed by atoms with van der Waals surface area (Å²) in [6, 6.07) is 4.94. The van der Waals surface area contributed by atoms with Crippen LogP contribution >= 0.6 is 38.9 Å². The highest BCUT2D eigenvalue weighted by Crippen LogP contribution is 2.29. The van der Waals surface area contributed by atoms with Crippen LogP contribution in [0.5, 0.6) is 0 Å². The second kappa shape index (κ2) is 6.46. The van der Waals surface area contributed by atoms with Gasteiger partial charge in [0.2, 0.25) is 0 Å². The zero-order valence-corrected chi connectivity index (χ0v) is 14.0. The molecule has 0 spiro atoms. The Morgan fingerprint density at radius 2 is 2.24 bits per heavy atom. The van der Waals surface area contributed by atoms with E-state index in [9.17, 15) is 4.79 Å². The van der Waals surface area contributed by atoms with Crippen molar-refractivity contribution in [3.05, 3.63) is 49.1 Å². The molecule has 0 aliphatic rings. The predicted octanol–water partition coefficient (Wildman–Crippen LogP) is 3.82. The van der Waals surface area contributed by atoms with Crippen molar-refractivity contribution in [3.63, 3.8) is 0 Å². The highest BCUT2D eigenvalue weighted by Gasteiger charge is 2.16. The number of benzene rings is 1. The minimum absolute atomic E-state index is 0.00879. The predicted molar refractivity (Wildman–Crippen MR) is 88.7 cm³/mol. The van der Waals surface area contributed by atoms with Crippen LogP contribution in [0.25, 0.3) is 0 Å². The molecule has 0 saturated carbocycles. The van der Waals surface area contributed by atoms with E-state index in [0.29, 0.717) is 25.6 Å². The van der Waals surface area contributed by atoms with Gasteiger partial charge >= 0.3 is 0 Å². The number of aryl methyl sites for hydroxylation is 1. The average Bonchev–Trinajstić information content (AvgIpc) is 2.80. The Kier molecular flexibility index (Phi) is 4.87. The molecule has 0 bridgehead atoms. The molecule has 0 aliphatic heterocycles. The summed E-state index contributed by atoms with van der Waals surface area (Å²) in [5.74, 6) is -0.291. The second-order valence-electron chi connectivity index (χ2n) is 4.20. The molecule has 1 heterocycles. The lowest BCUT2D eigenvalue weighted by Crippen LogP contribution is -2.14.